The Kier molecular flexibility index (Phi) is 10.4. The predicted molar refractivity (Wildman–Crippen MR) is 165 cm³/mol. The summed E-state index contributed by atoms with van der Waals surface area (Å²) in [6.07, 6.45) is 0. The van der Waals surface area contributed by atoms with Crippen LogP contribution in [0.1, 0.15) is 13.8 Å². The molecule has 0 amide bonds. The van der Waals surface area contributed by atoms with Gasteiger partial charge in [-0.2, -0.15) is 0 Å². The van der Waals surface area contributed by atoms with Crippen LogP contribution >= 0.6 is 47.5 Å². The van der Waals surface area contributed by atoms with Crippen molar-refractivity contribution in [2.75, 3.05) is 6.61 Å². The number of rotatable bonds is 14. The minimum Gasteiger partial charge on any atom is -0.395 e. The maximum atomic E-state index is 14.0. The predicted octanol–water partition coefficient (Wildman–Crippen LogP) is 10.0. The van der Waals surface area contributed by atoms with Crippen LogP contribution in [-0.2, 0) is 18.2 Å². The Labute approximate surface area is 256 Å². The van der Waals surface area contributed by atoms with E-state index in [-0.39, 0.29) is 18.1 Å². The zero-order valence-corrected chi connectivity index (χ0v) is 27.1. The Balaban J connectivity index is 1.55. The highest BCUT2D eigenvalue weighted by atomic mass is 79.9. The number of phosphoric acid groups is 2. The standard InChI is InChI=1S/C29H28Br2O8P2/c1-28(2,23-34-40(32,35-24-15-7-3-8-16-24)36-25-17-9-4-10-18-25)29(30,31)39-41(33,37-26-19-11-5-12-20-26)38-27-21-13-6-14-22-27/h3-22H,23H2,1-2H3. The van der Waals surface area contributed by atoms with Gasteiger partial charge in [0, 0.05) is 5.41 Å². The zero-order valence-electron chi connectivity index (χ0n) is 22.2. The van der Waals surface area contributed by atoms with Crippen molar-refractivity contribution in [2.24, 2.45) is 5.41 Å². The lowest BCUT2D eigenvalue weighted by Crippen LogP contribution is -2.40. The SMILES string of the molecule is CC(C)(COP(=O)(Oc1ccccc1)Oc1ccccc1)C(Br)(Br)OP(=O)(Oc1ccccc1)Oc1ccccc1. The van der Waals surface area contributed by atoms with Crippen molar-refractivity contribution in [1.29, 1.82) is 0 Å². The summed E-state index contributed by atoms with van der Waals surface area (Å²) in [7, 11) is -8.55. The van der Waals surface area contributed by atoms with Crippen LogP contribution in [-0.4, -0.2) is 10.0 Å². The molecule has 0 N–H and O–H groups in total. The van der Waals surface area contributed by atoms with E-state index in [9.17, 15) is 9.13 Å². The summed E-state index contributed by atoms with van der Waals surface area (Å²) < 4.78 is 61.0. The largest absolute Gasteiger partial charge is 0.589 e. The van der Waals surface area contributed by atoms with Crippen molar-refractivity contribution in [3.8, 4) is 23.0 Å². The van der Waals surface area contributed by atoms with E-state index in [1.807, 2.05) is 0 Å². The molecule has 0 aliphatic rings. The van der Waals surface area contributed by atoms with Gasteiger partial charge in [0.1, 0.15) is 23.0 Å². The average molecular weight is 726 g/mol. The van der Waals surface area contributed by atoms with Crippen LogP contribution in [0.15, 0.2) is 121 Å². The third kappa shape index (κ3) is 9.20. The highest BCUT2D eigenvalue weighted by Crippen LogP contribution is 2.61. The van der Waals surface area contributed by atoms with Gasteiger partial charge in [0.25, 0.3) is 0 Å². The molecule has 4 aromatic carbocycles. The normalized spacial score (nSPS) is 12.4. The summed E-state index contributed by atoms with van der Waals surface area (Å²) in [6.45, 7) is 3.19. The molecule has 216 valence electrons. The Morgan fingerprint density at radius 3 is 1.15 bits per heavy atom. The highest BCUT2D eigenvalue weighted by Gasteiger charge is 2.51. The van der Waals surface area contributed by atoms with Crippen LogP contribution in [0.3, 0.4) is 0 Å². The van der Waals surface area contributed by atoms with Crippen molar-refractivity contribution >= 4 is 47.5 Å². The van der Waals surface area contributed by atoms with Crippen LogP contribution in [0.2, 0.25) is 0 Å². The van der Waals surface area contributed by atoms with Crippen molar-refractivity contribution in [3.05, 3.63) is 121 Å². The second kappa shape index (κ2) is 13.6. The fraction of sp³-hybridized carbons (Fsp3) is 0.172. The number of benzene rings is 4. The van der Waals surface area contributed by atoms with E-state index in [4.69, 9.17) is 27.1 Å². The van der Waals surface area contributed by atoms with Gasteiger partial charge in [0.2, 0.25) is 0 Å². The minimum atomic E-state index is -4.34. The fourth-order valence-electron chi connectivity index (χ4n) is 3.16. The van der Waals surface area contributed by atoms with E-state index in [1.165, 1.54) is 0 Å². The minimum absolute atomic E-state index is 0.253. The number of para-hydroxylation sites is 4. The second-order valence-corrected chi connectivity index (χ2v) is 15.5. The molecule has 8 nitrogen and oxygen atoms in total. The quantitative estimate of drug-likeness (QED) is 0.0938. The molecular weight excluding hydrogens is 698 g/mol. The van der Waals surface area contributed by atoms with E-state index >= 15 is 0 Å². The Hall–Kier alpha value is -2.58. The van der Waals surface area contributed by atoms with Gasteiger partial charge in [-0.05, 0) is 80.4 Å². The molecule has 0 saturated carbocycles. The van der Waals surface area contributed by atoms with Gasteiger partial charge >= 0.3 is 15.6 Å². The number of halogens is 2. The van der Waals surface area contributed by atoms with Gasteiger partial charge in [-0.3, -0.25) is 4.52 Å². The molecule has 0 bridgehead atoms. The number of phosphoric ester groups is 2. The highest BCUT2D eigenvalue weighted by molar-refractivity contribution is 9.25. The second-order valence-electron chi connectivity index (χ2n) is 9.28. The summed E-state index contributed by atoms with van der Waals surface area (Å²) >= 11 is 6.96. The van der Waals surface area contributed by atoms with Gasteiger partial charge in [-0.1, -0.05) is 86.6 Å². The molecule has 4 aromatic rings. The van der Waals surface area contributed by atoms with E-state index in [2.05, 4.69) is 31.9 Å². The molecule has 0 aliphatic carbocycles. The Bertz CT molecular complexity index is 1380. The van der Waals surface area contributed by atoms with E-state index < -0.39 is 24.5 Å². The van der Waals surface area contributed by atoms with Gasteiger partial charge < -0.3 is 18.1 Å². The Morgan fingerprint density at radius 2 is 0.829 bits per heavy atom. The number of hydrogen-bond donors (Lipinski definition) is 0. The lowest BCUT2D eigenvalue weighted by molar-refractivity contribution is 0.0478. The van der Waals surface area contributed by atoms with Crippen LogP contribution in [0.25, 0.3) is 0 Å². The first-order valence-electron chi connectivity index (χ1n) is 12.4. The first-order valence-corrected chi connectivity index (χ1v) is 16.9. The van der Waals surface area contributed by atoms with E-state index in [0.29, 0.717) is 11.5 Å². The van der Waals surface area contributed by atoms with Crippen molar-refractivity contribution in [3.63, 3.8) is 0 Å². The first-order chi connectivity index (χ1) is 19.5. The third-order valence-corrected chi connectivity index (χ3v) is 11.1. The third-order valence-electron chi connectivity index (χ3n) is 5.44. The smallest absolute Gasteiger partial charge is 0.395 e. The van der Waals surface area contributed by atoms with E-state index in [0.717, 1.165) is 0 Å². The number of alkyl halides is 2. The molecular formula is C29H28Br2O8P2. The monoisotopic (exact) mass is 724 g/mol. The summed E-state index contributed by atoms with van der Waals surface area (Å²) in [6, 6.07) is 34.1. The molecule has 41 heavy (non-hydrogen) atoms. The fourth-order valence-corrected chi connectivity index (χ4v) is 7.23. The molecule has 4 rings (SSSR count). The molecule has 0 heterocycles. The van der Waals surface area contributed by atoms with Gasteiger partial charge in [0.05, 0.1) is 6.61 Å². The molecule has 0 unspecified atom stereocenters. The van der Waals surface area contributed by atoms with Gasteiger partial charge in [-0.25, -0.2) is 13.7 Å². The van der Waals surface area contributed by atoms with Gasteiger partial charge in [-0.15, -0.1) is 0 Å². The van der Waals surface area contributed by atoms with E-state index in [1.54, 1.807) is 135 Å². The molecule has 0 atom stereocenters. The molecule has 0 saturated heterocycles. The summed E-state index contributed by atoms with van der Waals surface area (Å²) in [5.41, 5.74) is -1.08. The first kappa shape index (κ1) is 31.4. The zero-order chi connectivity index (χ0) is 29.4. The maximum Gasteiger partial charge on any atom is 0.589 e. The maximum absolute atomic E-state index is 14.0. The van der Waals surface area contributed by atoms with Crippen LogP contribution < -0.4 is 18.1 Å². The topological polar surface area (TPSA) is 89.5 Å². The Morgan fingerprint density at radius 1 is 0.537 bits per heavy atom. The van der Waals surface area contributed by atoms with Crippen molar-refractivity contribution < 1.29 is 36.3 Å². The summed E-state index contributed by atoms with van der Waals surface area (Å²) in [5.74, 6) is 1.13. The lowest BCUT2D eigenvalue weighted by Gasteiger charge is -2.38. The molecule has 0 aliphatic heterocycles. The van der Waals surface area contributed by atoms with Crippen molar-refractivity contribution in [1.82, 2.24) is 0 Å². The molecule has 0 aromatic heterocycles. The average Bonchev–Trinajstić information content (AvgIpc) is 2.93. The van der Waals surface area contributed by atoms with Crippen LogP contribution in [0, 0.1) is 5.41 Å². The van der Waals surface area contributed by atoms with Crippen LogP contribution in [0.5, 0.6) is 23.0 Å². The lowest BCUT2D eigenvalue weighted by atomic mass is 9.96. The molecule has 12 heteroatoms. The molecule has 0 spiro atoms. The molecule has 0 fully saturated rings. The number of hydrogen-bond acceptors (Lipinski definition) is 8. The van der Waals surface area contributed by atoms with Gasteiger partial charge in [0.15, 0.2) is 3.42 Å². The van der Waals surface area contributed by atoms with Crippen LogP contribution in [0.4, 0.5) is 0 Å². The summed E-state index contributed by atoms with van der Waals surface area (Å²) in [5, 5.41) is 0. The summed E-state index contributed by atoms with van der Waals surface area (Å²) in [4.78, 5) is 0. The van der Waals surface area contributed by atoms with Crippen molar-refractivity contribution in [2.45, 2.75) is 17.3 Å². The molecule has 0 radical (unpaired) electrons.